The van der Waals surface area contributed by atoms with E-state index < -0.39 is 0 Å². The molecule has 1 rings (SSSR count). The van der Waals surface area contributed by atoms with Crippen LogP contribution in [0.4, 0.5) is 0 Å². The highest BCUT2D eigenvalue weighted by molar-refractivity contribution is 9.10. The molecule has 0 fully saturated rings. The molecule has 0 heterocycles. The summed E-state index contributed by atoms with van der Waals surface area (Å²) in [5.74, 6) is 0.121. The van der Waals surface area contributed by atoms with Crippen LogP contribution in [0.3, 0.4) is 0 Å². The maximum absolute atomic E-state index is 11.8. The van der Waals surface area contributed by atoms with Gasteiger partial charge in [0.1, 0.15) is 0 Å². The van der Waals surface area contributed by atoms with Crippen molar-refractivity contribution in [3.8, 4) is 0 Å². The van der Waals surface area contributed by atoms with Gasteiger partial charge in [-0.1, -0.05) is 41.1 Å². The number of carbonyl (C=O) groups is 1. The minimum Gasteiger partial charge on any atom is -0.352 e. The number of carbonyl (C=O) groups excluding carboxylic acids is 1. The highest BCUT2D eigenvalue weighted by Crippen LogP contribution is 2.15. The van der Waals surface area contributed by atoms with Gasteiger partial charge in [-0.15, -0.1) is 0 Å². The van der Waals surface area contributed by atoms with Crippen LogP contribution < -0.4 is 11.1 Å². The summed E-state index contributed by atoms with van der Waals surface area (Å²) in [6.07, 6.45) is 1.74. The molecule has 0 aromatic heterocycles. The number of rotatable bonds is 6. The van der Waals surface area contributed by atoms with E-state index in [1.165, 1.54) is 0 Å². The third kappa shape index (κ3) is 4.88. The highest BCUT2D eigenvalue weighted by Gasteiger charge is 2.11. The smallest absolute Gasteiger partial charge is 0.223 e. The fourth-order valence-corrected chi connectivity index (χ4v) is 1.98. The van der Waals surface area contributed by atoms with Gasteiger partial charge in [-0.2, -0.15) is 0 Å². The van der Waals surface area contributed by atoms with Gasteiger partial charge in [0.15, 0.2) is 0 Å². The van der Waals surface area contributed by atoms with Gasteiger partial charge in [0, 0.05) is 16.9 Å². The van der Waals surface area contributed by atoms with E-state index in [4.69, 9.17) is 5.73 Å². The summed E-state index contributed by atoms with van der Waals surface area (Å²) < 4.78 is 1.02. The van der Waals surface area contributed by atoms with Crippen LogP contribution in [0.25, 0.3) is 0 Å². The first-order chi connectivity index (χ1) is 8.15. The Hall–Kier alpha value is -0.870. The van der Waals surface area contributed by atoms with Gasteiger partial charge in [0.25, 0.3) is 0 Å². The average Bonchev–Trinajstić information content (AvgIpc) is 2.34. The number of hydrogen-bond acceptors (Lipinski definition) is 2. The topological polar surface area (TPSA) is 55.1 Å². The first-order valence-corrected chi connectivity index (χ1v) is 6.65. The highest BCUT2D eigenvalue weighted by atomic mass is 79.9. The van der Waals surface area contributed by atoms with E-state index in [1.807, 2.05) is 31.2 Å². The number of benzene rings is 1. The standard InChI is InChI=1S/C13H19BrN2O/c1-10(5-4-8-15)13(17)16-9-11-6-2-3-7-12(11)14/h2-3,6-7,10H,4-5,8-9,15H2,1H3,(H,16,17). The van der Waals surface area contributed by atoms with Gasteiger partial charge in [-0.25, -0.2) is 0 Å². The zero-order chi connectivity index (χ0) is 12.7. The van der Waals surface area contributed by atoms with Gasteiger partial charge in [-0.05, 0) is 31.0 Å². The summed E-state index contributed by atoms with van der Waals surface area (Å²) in [6, 6.07) is 7.89. The molecule has 4 heteroatoms. The second kappa shape index (κ2) is 7.45. The lowest BCUT2D eigenvalue weighted by atomic mass is 10.0. The molecule has 1 aromatic carbocycles. The molecule has 17 heavy (non-hydrogen) atoms. The third-order valence-corrected chi connectivity index (χ3v) is 3.47. The first-order valence-electron chi connectivity index (χ1n) is 5.86. The number of amides is 1. The molecule has 3 N–H and O–H groups in total. The molecule has 1 amide bonds. The largest absolute Gasteiger partial charge is 0.352 e. The fourth-order valence-electron chi connectivity index (χ4n) is 1.55. The number of hydrogen-bond donors (Lipinski definition) is 2. The first kappa shape index (κ1) is 14.2. The van der Waals surface area contributed by atoms with Gasteiger partial charge in [0.2, 0.25) is 5.91 Å². The molecular weight excluding hydrogens is 280 g/mol. The molecule has 1 atom stereocenters. The number of halogens is 1. The lowest BCUT2D eigenvalue weighted by Crippen LogP contribution is -2.29. The Labute approximate surface area is 111 Å². The zero-order valence-electron chi connectivity index (χ0n) is 10.1. The lowest BCUT2D eigenvalue weighted by molar-refractivity contribution is -0.124. The van der Waals surface area contributed by atoms with Crippen molar-refractivity contribution < 1.29 is 4.79 Å². The van der Waals surface area contributed by atoms with Crippen molar-refractivity contribution in [2.45, 2.75) is 26.3 Å². The molecule has 0 aliphatic heterocycles. The summed E-state index contributed by atoms with van der Waals surface area (Å²) in [7, 11) is 0. The SMILES string of the molecule is CC(CCCN)C(=O)NCc1ccccc1Br. The maximum atomic E-state index is 11.8. The van der Waals surface area contributed by atoms with Gasteiger partial charge < -0.3 is 11.1 Å². The summed E-state index contributed by atoms with van der Waals surface area (Å²) in [5, 5.41) is 2.94. The van der Waals surface area contributed by atoms with Crippen molar-refractivity contribution in [1.82, 2.24) is 5.32 Å². The van der Waals surface area contributed by atoms with Crippen LogP contribution in [-0.2, 0) is 11.3 Å². The van der Waals surface area contributed by atoms with Crippen LogP contribution in [0.5, 0.6) is 0 Å². The van der Waals surface area contributed by atoms with Crippen LogP contribution in [-0.4, -0.2) is 12.5 Å². The molecule has 1 aromatic rings. The van der Waals surface area contributed by atoms with E-state index in [2.05, 4.69) is 21.2 Å². The molecule has 0 bridgehead atoms. The minimum absolute atomic E-state index is 0.0287. The summed E-state index contributed by atoms with van der Waals surface area (Å²) in [4.78, 5) is 11.8. The molecule has 94 valence electrons. The van der Waals surface area contributed by atoms with Crippen molar-refractivity contribution in [2.75, 3.05) is 6.54 Å². The van der Waals surface area contributed by atoms with Gasteiger partial charge >= 0.3 is 0 Å². The van der Waals surface area contributed by atoms with Gasteiger partial charge in [0.05, 0.1) is 0 Å². The molecule has 3 nitrogen and oxygen atoms in total. The van der Waals surface area contributed by atoms with Crippen molar-refractivity contribution in [3.05, 3.63) is 34.3 Å². The second-order valence-electron chi connectivity index (χ2n) is 4.14. The van der Waals surface area contributed by atoms with E-state index in [-0.39, 0.29) is 11.8 Å². The molecule has 0 aliphatic carbocycles. The Morgan fingerprint density at radius 3 is 2.82 bits per heavy atom. The summed E-state index contributed by atoms with van der Waals surface area (Å²) in [5.41, 5.74) is 6.51. The van der Waals surface area contributed by atoms with E-state index >= 15 is 0 Å². The van der Waals surface area contributed by atoms with Crippen LogP contribution in [0.2, 0.25) is 0 Å². The molecule has 0 spiro atoms. The molecular formula is C13H19BrN2O. The molecule has 0 saturated heterocycles. The summed E-state index contributed by atoms with van der Waals surface area (Å²) in [6.45, 7) is 3.14. The number of nitrogens with two attached hydrogens (primary N) is 1. The van der Waals surface area contributed by atoms with E-state index in [1.54, 1.807) is 0 Å². The van der Waals surface area contributed by atoms with Crippen LogP contribution >= 0.6 is 15.9 Å². The lowest BCUT2D eigenvalue weighted by Gasteiger charge is -2.12. The van der Waals surface area contributed by atoms with Crippen molar-refractivity contribution in [3.63, 3.8) is 0 Å². The third-order valence-electron chi connectivity index (χ3n) is 2.70. The van der Waals surface area contributed by atoms with Crippen molar-refractivity contribution >= 4 is 21.8 Å². The fraction of sp³-hybridized carbons (Fsp3) is 0.462. The monoisotopic (exact) mass is 298 g/mol. The van der Waals surface area contributed by atoms with E-state index in [0.717, 1.165) is 22.9 Å². The molecule has 0 radical (unpaired) electrons. The molecule has 0 saturated carbocycles. The maximum Gasteiger partial charge on any atom is 0.223 e. The molecule has 0 aliphatic rings. The van der Waals surface area contributed by atoms with Crippen LogP contribution in [0, 0.1) is 5.92 Å². The van der Waals surface area contributed by atoms with Gasteiger partial charge in [-0.3, -0.25) is 4.79 Å². The Morgan fingerprint density at radius 1 is 1.47 bits per heavy atom. The Balaban J connectivity index is 2.40. The zero-order valence-corrected chi connectivity index (χ0v) is 11.7. The Morgan fingerprint density at radius 2 is 2.18 bits per heavy atom. The molecule has 1 unspecified atom stereocenters. The predicted molar refractivity (Wildman–Crippen MR) is 73.4 cm³/mol. The normalized spacial score (nSPS) is 12.2. The van der Waals surface area contributed by atoms with Crippen molar-refractivity contribution in [1.29, 1.82) is 0 Å². The Kier molecular flexibility index (Phi) is 6.22. The van der Waals surface area contributed by atoms with Crippen LogP contribution in [0.15, 0.2) is 28.7 Å². The predicted octanol–water partition coefficient (Wildman–Crippen LogP) is 2.44. The number of nitrogens with one attached hydrogen (secondary N) is 1. The minimum atomic E-state index is 0.0287. The quantitative estimate of drug-likeness (QED) is 0.847. The van der Waals surface area contributed by atoms with E-state index in [0.29, 0.717) is 13.1 Å². The van der Waals surface area contributed by atoms with Crippen LogP contribution in [0.1, 0.15) is 25.3 Å². The second-order valence-corrected chi connectivity index (χ2v) is 5.00. The summed E-state index contributed by atoms with van der Waals surface area (Å²) >= 11 is 3.46. The van der Waals surface area contributed by atoms with E-state index in [9.17, 15) is 4.79 Å². The Bertz CT molecular complexity index is 368. The average molecular weight is 299 g/mol. The van der Waals surface area contributed by atoms with Crippen molar-refractivity contribution in [2.24, 2.45) is 11.7 Å².